The first kappa shape index (κ1) is 14.6. The van der Waals surface area contributed by atoms with Gasteiger partial charge in [0.05, 0.1) is 6.61 Å². The van der Waals surface area contributed by atoms with Crippen molar-refractivity contribution in [3.05, 3.63) is 23.9 Å². The largest absolute Gasteiger partial charge is 0.477 e. The molecule has 1 aromatic rings. The van der Waals surface area contributed by atoms with Gasteiger partial charge in [-0.3, -0.25) is 4.79 Å². The fourth-order valence-corrected chi connectivity index (χ4v) is 2.25. The summed E-state index contributed by atoms with van der Waals surface area (Å²) in [6.45, 7) is 1.33. The monoisotopic (exact) mass is 288 g/mol. The predicted octanol–water partition coefficient (Wildman–Crippen LogP) is 2.35. The minimum Gasteiger partial charge on any atom is -0.477 e. The van der Waals surface area contributed by atoms with Crippen molar-refractivity contribution < 1.29 is 22.7 Å². The number of hydrogen-bond acceptors (Lipinski definition) is 3. The number of hydrogen-bond donors (Lipinski definition) is 0. The van der Waals surface area contributed by atoms with Gasteiger partial charge in [0.1, 0.15) is 5.56 Å². The summed E-state index contributed by atoms with van der Waals surface area (Å²) in [6, 6.07) is 2.17. The molecule has 1 atom stereocenters. The summed E-state index contributed by atoms with van der Waals surface area (Å²) in [5.74, 6) is -0.361. The smallest absolute Gasteiger partial charge is 0.421 e. The molecule has 1 aliphatic rings. The van der Waals surface area contributed by atoms with E-state index in [0.717, 1.165) is 25.3 Å². The highest BCUT2D eigenvalue weighted by molar-refractivity contribution is 5.47. The van der Waals surface area contributed by atoms with Gasteiger partial charge in [-0.05, 0) is 25.0 Å². The summed E-state index contributed by atoms with van der Waals surface area (Å²) >= 11 is 0. The summed E-state index contributed by atoms with van der Waals surface area (Å²) in [5, 5.41) is 0. The van der Waals surface area contributed by atoms with E-state index in [1.54, 1.807) is 4.90 Å². The molecule has 0 aliphatic carbocycles. The van der Waals surface area contributed by atoms with Crippen LogP contribution in [0.15, 0.2) is 18.3 Å². The summed E-state index contributed by atoms with van der Waals surface area (Å²) in [7, 11) is 0. The van der Waals surface area contributed by atoms with Crippen molar-refractivity contribution in [3.63, 3.8) is 0 Å². The number of nitrogens with zero attached hydrogens (tertiary/aromatic N) is 2. The molecule has 0 N–H and O–H groups in total. The molecule has 0 spiro atoms. The van der Waals surface area contributed by atoms with Gasteiger partial charge in [-0.1, -0.05) is 0 Å². The lowest BCUT2D eigenvalue weighted by molar-refractivity contribution is -0.139. The number of pyridine rings is 1. The standard InChI is InChI=1S/C13H15F3N2O2/c14-13(15,16)11-4-1-5-17-12(11)20-8-10-3-2-6-18(7-10)9-19/h1,4-5,9-10H,2-3,6-8H2. The van der Waals surface area contributed by atoms with Crippen molar-refractivity contribution in [3.8, 4) is 5.88 Å². The number of aromatic nitrogens is 1. The van der Waals surface area contributed by atoms with E-state index in [0.29, 0.717) is 13.1 Å². The number of carbonyl (C=O) groups is 1. The number of halogens is 3. The second-order valence-corrected chi connectivity index (χ2v) is 4.77. The van der Waals surface area contributed by atoms with Crippen LogP contribution in [0.1, 0.15) is 18.4 Å². The topological polar surface area (TPSA) is 42.4 Å². The summed E-state index contributed by atoms with van der Waals surface area (Å²) in [4.78, 5) is 15.9. The molecule has 1 fully saturated rings. The van der Waals surface area contributed by atoms with E-state index in [2.05, 4.69) is 4.98 Å². The summed E-state index contributed by atoms with van der Waals surface area (Å²) in [6.07, 6.45) is -0.790. The minimum atomic E-state index is -4.48. The van der Waals surface area contributed by atoms with E-state index in [4.69, 9.17) is 4.74 Å². The molecule has 0 saturated carbocycles. The normalized spacial score (nSPS) is 19.8. The molecular formula is C13H15F3N2O2. The predicted molar refractivity (Wildman–Crippen MR) is 65.1 cm³/mol. The van der Waals surface area contributed by atoms with Crippen molar-refractivity contribution >= 4 is 6.41 Å². The molecule has 1 aromatic heterocycles. The second kappa shape index (κ2) is 6.11. The first-order chi connectivity index (χ1) is 9.50. The lowest BCUT2D eigenvalue weighted by Crippen LogP contribution is -2.36. The fraction of sp³-hybridized carbons (Fsp3) is 0.538. The van der Waals surface area contributed by atoms with Crippen molar-refractivity contribution in [1.29, 1.82) is 0 Å². The van der Waals surface area contributed by atoms with E-state index in [1.165, 1.54) is 12.3 Å². The Balaban J connectivity index is 1.99. The van der Waals surface area contributed by atoms with Gasteiger partial charge in [0, 0.05) is 25.2 Å². The molecule has 0 aromatic carbocycles. The summed E-state index contributed by atoms with van der Waals surface area (Å²) < 4.78 is 43.5. The quantitative estimate of drug-likeness (QED) is 0.799. The van der Waals surface area contributed by atoms with Crippen LogP contribution in [0.25, 0.3) is 0 Å². The van der Waals surface area contributed by atoms with Crippen LogP contribution in [0, 0.1) is 5.92 Å². The first-order valence-corrected chi connectivity index (χ1v) is 6.35. The maximum Gasteiger partial charge on any atom is 0.421 e. The van der Waals surface area contributed by atoms with Crippen LogP contribution in [0.2, 0.25) is 0 Å². The zero-order chi connectivity index (χ0) is 14.6. The molecule has 1 unspecified atom stereocenters. The Morgan fingerprint density at radius 1 is 1.50 bits per heavy atom. The van der Waals surface area contributed by atoms with Gasteiger partial charge < -0.3 is 9.64 Å². The third-order valence-corrected chi connectivity index (χ3v) is 3.23. The lowest BCUT2D eigenvalue weighted by atomic mass is 9.99. The molecule has 0 radical (unpaired) electrons. The van der Waals surface area contributed by atoms with E-state index >= 15 is 0 Å². The number of ether oxygens (including phenoxy) is 1. The highest BCUT2D eigenvalue weighted by Gasteiger charge is 2.35. The van der Waals surface area contributed by atoms with Gasteiger partial charge in [0.15, 0.2) is 0 Å². The van der Waals surface area contributed by atoms with Crippen LogP contribution < -0.4 is 4.74 Å². The van der Waals surface area contributed by atoms with Gasteiger partial charge >= 0.3 is 6.18 Å². The third kappa shape index (κ3) is 3.61. The molecular weight excluding hydrogens is 273 g/mol. The van der Waals surface area contributed by atoms with Crippen molar-refractivity contribution in [2.75, 3.05) is 19.7 Å². The Morgan fingerprint density at radius 3 is 3.00 bits per heavy atom. The Labute approximate surface area is 114 Å². The number of likely N-dealkylation sites (tertiary alicyclic amines) is 1. The van der Waals surface area contributed by atoms with E-state index in [9.17, 15) is 18.0 Å². The van der Waals surface area contributed by atoms with Crippen LogP contribution in [-0.2, 0) is 11.0 Å². The van der Waals surface area contributed by atoms with Gasteiger partial charge in [0.2, 0.25) is 12.3 Å². The minimum absolute atomic E-state index is 0.0389. The fourth-order valence-electron chi connectivity index (χ4n) is 2.25. The molecule has 20 heavy (non-hydrogen) atoms. The number of alkyl halides is 3. The van der Waals surface area contributed by atoms with Gasteiger partial charge in [0.25, 0.3) is 0 Å². The van der Waals surface area contributed by atoms with Crippen LogP contribution in [0.5, 0.6) is 5.88 Å². The number of piperidine rings is 1. The van der Waals surface area contributed by atoms with Crippen molar-refractivity contribution in [2.24, 2.45) is 5.92 Å². The average Bonchev–Trinajstić information content (AvgIpc) is 2.44. The highest BCUT2D eigenvalue weighted by atomic mass is 19.4. The first-order valence-electron chi connectivity index (χ1n) is 6.35. The third-order valence-electron chi connectivity index (χ3n) is 3.23. The summed E-state index contributed by atoms with van der Waals surface area (Å²) in [5.41, 5.74) is -0.872. The SMILES string of the molecule is O=CN1CCCC(COc2ncccc2C(F)(F)F)C1. The maximum absolute atomic E-state index is 12.8. The Bertz CT molecular complexity index is 465. The molecule has 2 rings (SSSR count). The van der Waals surface area contributed by atoms with E-state index in [-0.39, 0.29) is 12.5 Å². The van der Waals surface area contributed by atoms with Crippen LogP contribution in [0.4, 0.5) is 13.2 Å². The van der Waals surface area contributed by atoms with Gasteiger partial charge in [-0.25, -0.2) is 4.98 Å². The number of carbonyl (C=O) groups excluding carboxylic acids is 1. The average molecular weight is 288 g/mol. The number of amides is 1. The Kier molecular flexibility index (Phi) is 4.46. The van der Waals surface area contributed by atoms with Crippen LogP contribution in [-0.4, -0.2) is 36.0 Å². The van der Waals surface area contributed by atoms with Gasteiger partial charge in [-0.2, -0.15) is 13.2 Å². The molecule has 1 saturated heterocycles. The molecule has 7 heteroatoms. The second-order valence-electron chi connectivity index (χ2n) is 4.77. The van der Waals surface area contributed by atoms with Gasteiger partial charge in [-0.15, -0.1) is 0 Å². The van der Waals surface area contributed by atoms with E-state index in [1.807, 2.05) is 0 Å². The Hall–Kier alpha value is -1.79. The van der Waals surface area contributed by atoms with E-state index < -0.39 is 17.6 Å². The molecule has 1 amide bonds. The number of rotatable bonds is 4. The highest BCUT2D eigenvalue weighted by Crippen LogP contribution is 2.34. The molecule has 1 aliphatic heterocycles. The zero-order valence-corrected chi connectivity index (χ0v) is 10.8. The van der Waals surface area contributed by atoms with Crippen molar-refractivity contribution in [1.82, 2.24) is 9.88 Å². The van der Waals surface area contributed by atoms with Crippen LogP contribution >= 0.6 is 0 Å². The van der Waals surface area contributed by atoms with Crippen molar-refractivity contribution in [2.45, 2.75) is 19.0 Å². The molecule has 0 bridgehead atoms. The lowest BCUT2D eigenvalue weighted by Gasteiger charge is -2.29. The molecule has 110 valence electrons. The Morgan fingerprint density at radius 2 is 2.30 bits per heavy atom. The molecule has 4 nitrogen and oxygen atoms in total. The maximum atomic E-state index is 12.8. The van der Waals surface area contributed by atoms with Crippen LogP contribution in [0.3, 0.4) is 0 Å². The molecule has 2 heterocycles. The zero-order valence-electron chi connectivity index (χ0n) is 10.8.